The molecule has 0 spiro atoms. The number of hydrogen-bond acceptors (Lipinski definition) is 6. The van der Waals surface area contributed by atoms with E-state index in [9.17, 15) is 9.50 Å². The van der Waals surface area contributed by atoms with E-state index in [2.05, 4.69) is 27.7 Å². The Kier molecular flexibility index (Phi) is 15.7. The van der Waals surface area contributed by atoms with Gasteiger partial charge in [-0.3, -0.25) is 0 Å². The Hall–Kier alpha value is -1.09. The van der Waals surface area contributed by atoms with E-state index in [1.165, 1.54) is 12.1 Å². The molecule has 2 unspecified atom stereocenters. The normalized spacial score (nSPS) is 24.3. The first-order chi connectivity index (χ1) is 17.6. The van der Waals surface area contributed by atoms with Crippen molar-refractivity contribution >= 4 is 0 Å². The van der Waals surface area contributed by atoms with E-state index in [4.69, 9.17) is 23.7 Å². The second-order valence-corrected chi connectivity index (χ2v) is 9.64. The first-order valence-corrected chi connectivity index (χ1v) is 14.1. The van der Waals surface area contributed by atoms with Crippen LogP contribution in [0.5, 0.6) is 0 Å². The number of unbranched alkanes of at least 4 members (excludes halogenated alkanes) is 4. The number of ether oxygens (including phenoxy) is 5. The summed E-state index contributed by atoms with van der Waals surface area (Å²) in [5.41, 5.74) is 1.14. The Morgan fingerprint density at radius 1 is 0.750 bits per heavy atom. The molecule has 1 aliphatic rings. The molecule has 208 valence electrons. The van der Waals surface area contributed by atoms with Crippen molar-refractivity contribution in [3.63, 3.8) is 0 Å². The molecule has 1 aliphatic heterocycles. The molecule has 0 radical (unpaired) electrons. The summed E-state index contributed by atoms with van der Waals surface area (Å²) in [6.45, 7) is 11.0. The van der Waals surface area contributed by atoms with Crippen LogP contribution in [0.4, 0.5) is 4.39 Å². The Balaban J connectivity index is 2.43. The molecule has 1 aromatic rings. The number of halogens is 1. The van der Waals surface area contributed by atoms with Crippen molar-refractivity contribution in [3.05, 3.63) is 35.1 Å². The van der Waals surface area contributed by atoms with Crippen LogP contribution >= 0.6 is 0 Å². The number of benzene rings is 1. The molecular weight excluding hydrogens is 463 g/mol. The van der Waals surface area contributed by atoms with Gasteiger partial charge in [-0.2, -0.15) is 0 Å². The van der Waals surface area contributed by atoms with E-state index in [1.54, 1.807) is 6.07 Å². The highest BCUT2D eigenvalue weighted by atomic mass is 19.1. The molecular formula is C29H49FO6. The van der Waals surface area contributed by atoms with Gasteiger partial charge in [0.2, 0.25) is 0 Å². The van der Waals surface area contributed by atoms with Gasteiger partial charge in [-0.15, -0.1) is 0 Å². The third kappa shape index (κ3) is 9.99. The fraction of sp³-hybridized carbons (Fsp3) is 0.793. The molecule has 0 aliphatic carbocycles. The van der Waals surface area contributed by atoms with Crippen LogP contribution in [0.2, 0.25) is 0 Å². The molecule has 1 aromatic carbocycles. The number of aliphatic hydroxyl groups excluding tert-OH is 1. The van der Waals surface area contributed by atoms with Crippen LogP contribution in [0.25, 0.3) is 0 Å². The van der Waals surface area contributed by atoms with Gasteiger partial charge in [0.05, 0.1) is 13.2 Å². The van der Waals surface area contributed by atoms with Gasteiger partial charge < -0.3 is 28.8 Å². The average Bonchev–Trinajstić information content (AvgIpc) is 2.88. The first-order valence-electron chi connectivity index (χ1n) is 14.1. The second kappa shape index (κ2) is 18.2. The molecule has 2 rings (SSSR count). The lowest BCUT2D eigenvalue weighted by Gasteiger charge is -2.46. The maximum atomic E-state index is 14.5. The van der Waals surface area contributed by atoms with E-state index in [-0.39, 0.29) is 24.9 Å². The van der Waals surface area contributed by atoms with Crippen molar-refractivity contribution in [2.24, 2.45) is 0 Å². The van der Waals surface area contributed by atoms with Crippen LogP contribution < -0.4 is 0 Å². The van der Waals surface area contributed by atoms with Crippen molar-refractivity contribution in [1.82, 2.24) is 0 Å². The lowest BCUT2D eigenvalue weighted by molar-refractivity contribution is -0.268. The van der Waals surface area contributed by atoms with Gasteiger partial charge in [0, 0.05) is 26.4 Å². The Morgan fingerprint density at radius 3 is 1.89 bits per heavy atom. The van der Waals surface area contributed by atoms with E-state index in [1.807, 2.05) is 0 Å². The highest BCUT2D eigenvalue weighted by Crippen LogP contribution is 2.38. The number of aliphatic hydroxyl groups is 1. The van der Waals surface area contributed by atoms with Crippen LogP contribution in [0.1, 0.15) is 96.3 Å². The molecule has 1 saturated heterocycles. The van der Waals surface area contributed by atoms with Crippen LogP contribution in [-0.2, 0) is 30.3 Å². The topological polar surface area (TPSA) is 66.4 Å². The fourth-order valence-corrected chi connectivity index (χ4v) is 4.36. The molecule has 0 bridgehead atoms. The molecule has 36 heavy (non-hydrogen) atoms. The molecule has 5 atom stereocenters. The highest BCUT2D eigenvalue weighted by molar-refractivity contribution is 5.28. The molecule has 6 nitrogen and oxygen atoms in total. The van der Waals surface area contributed by atoms with Gasteiger partial charge in [0.25, 0.3) is 0 Å². The third-order valence-corrected chi connectivity index (χ3v) is 6.47. The van der Waals surface area contributed by atoms with E-state index in [0.717, 1.165) is 51.4 Å². The quantitative estimate of drug-likeness (QED) is 0.225. The van der Waals surface area contributed by atoms with Crippen LogP contribution in [0, 0.1) is 5.82 Å². The minimum Gasteiger partial charge on any atom is -0.392 e. The SMILES string of the molecule is CCCCOC[C@H]1OC(c2cc(F)cc(CO)c2)[C@H](OCCCC)C(OCCCC)[C@@H]1OCCCC. The molecule has 1 N–H and O–H groups in total. The maximum Gasteiger partial charge on any atom is 0.123 e. The fourth-order valence-electron chi connectivity index (χ4n) is 4.36. The summed E-state index contributed by atoms with van der Waals surface area (Å²) in [7, 11) is 0. The molecule has 1 fully saturated rings. The van der Waals surface area contributed by atoms with Crippen LogP contribution in [-0.4, -0.2) is 62.6 Å². The Morgan fingerprint density at radius 2 is 1.31 bits per heavy atom. The van der Waals surface area contributed by atoms with E-state index < -0.39 is 18.0 Å². The largest absolute Gasteiger partial charge is 0.392 e. The summed E-state index contributed by atoms with van der Waals surface area (Å²) in [6.07, 6.45) is 5.67. The van der Waals surface area contributed by atoms with E-state index >= 15 is 0 Å². The van der Waals surface area contributed by atoms with Crippen molar-refractivity contribution in [2.45, 2.75) is 116 Å². The molecule has 0 aromatic heterocycles. The van der Waals surface area contributed by atoms with Crippen molar-refractivity contribution in [3.8, 4) is 0 Å². The second-order valence-electron chi connectivity index (χ2n) is 9.64. The summed E-state index contributed by atoms with van der Waals surface area (Å²) >= 11 is 0. The van der Waals surface area contributed by atoms with Gasteiger partial charge in [-0.1, -0.05) is 59.4 Å². The summed E-state index contributed by atoms with van der Waals surface area (Å²) < 4.78 is 46.4. The monoisotopic (exact) mass is 512 g/mol. The predicted molar refractivity (Wildman–Crippen MR) is 140 cm³/mol. The predicted octanol–water partition coefficient (Wildman–Crippen LogP) is 6.13. The zero-order valence-electron chi connectivity index (χ0n) is 22.9. The van der Waals surface area contributed by atoms with Gasteiger partial charge in [-0.25, -0.2) is 4.39 Å². The smallest absolute Gasteiger partial charge is 0.123 e. The lowest BCUT2D eigenvalue weighted by Crippen LogP contribution is -2.58. The standard InChI is InChI=1S/C29H49FO6/c1-5-9-13-32-21-25-27(33-14-10-6-2)29(35-16-12-8-4)28(34-15-11-7-3)26(36-25)23-17-22(20-31)18-24(30)19-23/h17-19,25-29,31H,5-16,20-21H2,1-4H3/t25-,26?,27-,28+,29?/m1/s1. The molecule has 7 heteroatoms. The average molecular weight is 513 g/mol. The minimum atomic E-state index is -0.569. The van der Waals surface area contributed by atoms with Crippen molar-refractivity contribution < 1.29 is 33.2 Å². The van der Waals surface area contributed by atoms with Crippen LogP contribution in [0.15, 0.2) is 18.2 Å². The zero-order chi connectivity index (χ0) is 26.2. The summed E-state index contributed by atoms with van der Waals surface area (Å²) in [6, 6.07) is 4.60. The molecule has 0 amide bonds. The maximum absolute atomic E-state index is 14.5. The first kappa shape index (κ1) is 31.1. The van der Waals surface area contributed by atoms with Gasteiger partial charge in [0.15, 0.2) is 0 Å². The van der Waals surface area contributed by atoms with Crippen LogP contribution in [0.3, 0.4) is 0 Å². The summed E-state index contributed by atoms with van der Waals surface area (Å²) in [5, 5.41) is 9.70. The number of hydrogen-bond donors (Lipinski definition) is 1. The van der Waals surface area contributed by atoms with Crippen molar-refractivity contribution in [2.75, 3.05) is 33.0 Å². The zero-order valence-corrected chi connectivity index (χ0v) is 22.9. The van der Waals surface area contributed by atoms with Gasteiger partial charge in [0.1, 0.15) is 36.3 Å². The summed E-state index contributed by atoms with van der Waals surface area (Å²) in [4.78, 5) is 0. The lowest BCUT2D eigenvalue weighted by atomic mass is 9.89. The van der Waals surface area contributed by atoms with Crippen molar-refractivity contribution in [1.29, 1.82) is 0 Å². The summed E-state index contributed by atoms with van der Waals surface area (Å²) in [5.74, 6) is -0.409. The Labute approximate surface area is 217 Å². The highest BCUT2D eigenvalue weighted by Gasteiger charge is 2.48. The van der Waals surface area contributed by atoms with E-state index in [0.29, 0.717) is 44.2 Å². The third-order valence-electron chi connectivity index (χ3n) is 6.47. The van der Waals surface area contributed by atoms with Gasteiger partial charge >= 0.3 is 0 Å². The molecule has 1 heterocycles. The molecule has 0 saturated carbocycles. The minimum absolute atomic E-state index is 0.248. The number of rotatable bonds is 19. The van der Waals surface area contributed by atoms with Gasteiger partial charge in [-0.05, 0) is 48.9 Å². The Bertz CT molecular complexity index is 702.